The van der Waals surface area contributed by atoms with Gasteiger partial charge in [0.2, 0.25) is 0 Å². The summed E-state index contributed by atoms with van der Waals surface area (Å²) < 4.78 is 2.21. The van der Waals surface area contributed by atoms with Crippen LogP contribution in [0.5, 0.6) is 0 Å². The van der Waals surface area contributed by atoms with Gasteiger partial charge in [0, 0.05) is 24.2 Å². The van der Waals surface area contributed by atoms with Crippen LogP contribution in [0.25, 0.3) is 10.8 Å². The van der Waals surface area contributed by atoms with Gasteiger partial charge in [-0.3, -0.25) is 4.90 Å². The zero-order valence-electron chi connectivity index (χ0n) is 9.29. The van der Waals surface area contributed by atoms with Crippen molar-refractivity contribution in [1.29, 1.82) is 0 Å². The molecule has 1 atom stereocenters. The first-order chi connectivity index (χ1) is 7.75. The van der Waals surface area contributed by atoms with Crippen molar-refractivity contribution in [2.45, 2.75) is 19.5 Å². The van der Waals surface area contributed by atoms with Crippen LogP contribution < -0.4 is 0 Å². The van der Waals surface area contributed by atoms with Gasteiger partial charge in [0.25, 0.3) is 0 Å². The van der Waals surface area contributed by atoms with E-state index >= 15 is 0 Å². The number of likely N-dealkylation sites (N-methyl/N-ethyl adjacent to an activating group) is 1. The van der Waals surface area contributed by atoms with Crippen LogP contribution in [0.15, 0.2) is 11.6 Å². The molecule has 0 aromatic carbocycles. The average Bonchev–Trinajstić information content (AvgIpc) is 2.82. The summed E-state index contributed by atoms with van der Waals surface area (Å²) in [7, 11) is 2.11. The highest BCUT2D eigenvalue weighted by Crippen LogP contribution is 2.27. The Morgan fingerprint density at radius 1 is 1.44 bits per heavy atom. The average molecular weight is 235 g/mol. The lowest BCUT2D eigenvalue weighted by Crippen LogP contribution is -2.33. The Morgan fingerprint density at radius 3 is 3.06 bits per heavy atom. The predicted octanol–water partition coefficient (Wildman–Crippen LogP) is 1.41. The summed E-state index contributed by atoms with van der Waals surface area (Å²) in [4.78, 5) is 6.57. The molecule has 6 heteroatoms. The summed E-state index contributed by atoms with van der Waals surface area (Å²) in [5.74, 6) is 1.94. The van der Waals surface area contributed by atoms with Crippen LogP contribution in [0, 0.1) is 0 Å². The van der Waals surface area contributed by atoms with E-state index in [1.165, 1.54) is 0 Å². The van der Waals surface area contributed by atoms with Crippen LogP contribution in [0.4, 0.5) is 0 Å². The molecule has 1 aliphatic heterocycles. The minimum absolute atomic E-state index is 0.405. The third-order valence-electron chi connectivity index (χ3n) is 2.82. The Hall–Kier alpha value is -1.27. The molecule has 16 heavy (non-hydrogen) atoms. The molecule has 3 rings (SSSR count). The van der Waals surface area contributed by atoms with Crippen molar-refractivity contribution in [2.75, 3.05) is 13.6 Å². The van der Waals surface area contributed by atoms with E-state index in [4.69, 9.17) is 0 Å². The summed E-state index contributed by atoms with van der Waals surface area (Å²) in [6.07, 6.45) is 1.81. The highest BCUT2D eigenvalue weighted by Gasteiger charge is 2.25. The van der Waals surface area contributed by atoms with Crippen molar-refractivity contribution in [2.24, 2.45) is 0 Å². The number of aromatic nitrogens is 4. The molecule has 0 radical (unpaired) electrons. The van der Waals surface area contributed by atoms with E-state index < -0.39 is 0 Å². The first-order valence-electron chi connectivity index (χ1n) is 5.28. The molecule has 84 valence electrons. The first kappa shape index (κ1) is 9.92. The maximum Gasteiger partial charge on any atom is 0.193 e. The van der Waals surface area contributed by atoms with Crippen LogP contribution >= 0.6 is 11.3 Å². The van der Waals surface area contributed by atoms with E-state index in [0.717, 1.165) is 29.7 Å². The molecule has 0 amide bonds. The molecule has 0 aliphatic carbocycles. The number of rotatable bonds is 1. The maximum absolute atomic E-state index is 4.30. The Labute approximate surface area is 97.8 Å². The SMILES string of the molecule is CC1CN(C)Cc2nnc(-c3nccs3)n21. The molecule has 2 aromatic heterocycles. The largest absolute Gasteiger partial charge is 0.304 e. The summed E-state index contributed by atoms with van der Waals surface area (Å²) in [6.45, 7) is 4.09. The standard InChI is InChI=1S/C10H13N5S/c1-7-5-14(2)6-8-12-13-9(15(7)8)10-11-3-4-16-10/h3-4,7H,5-6H2,1-2H3. The first-order valence-corrected chi connectivity index (χ1v) is 6.16. The van der Waals surface area contributed by atoms with Gasteiger partial charge >= 0.3 is 0 Å². The van der Waals surface area contributed by atoms with Crippen molar-refractivity contribution in [3.63, 3.8) is 0 Å². The molecule has 0 bridgehead atoms. The zero-order chi connectivity index (χ0) is 11.1. The molecule has 0 spiro atoms. The summed E-state index contributed by atoms with van der Waals surface area (Å²) in [5, 5.41) is 11.4. The number of hydrogen-bond donors (Lipinski definition) is 0. The number of fused-ring (bicyclic) bond motifs is 1. The second-order valence-electron chi connectivity index (χ2n) is 4.19. The fraction of sp³-hybridized carbons (Fsp3) is 0.500. The Kier molecular flexibility index (Phi) is 2.26. The molecule has 0 N–H and O–H groups in total. The van der Waals surface area contributed by atoms with Crippen molar-refractivity contribution in [1.82, 2.24) is 24.6 Å². The smallest absolute Gasteiger partial charge is 0.193 e. The molecular weight excluding hydrogens is 222 g/mol. The molecule has 0 saturated carbocycles. The molecule has 1 aliphatic rings. The number of thiazole rings is 1. The van der Waals surface area contributed by atoms with E-state index in [0.29, 0.717) is 6.04 Å². The Morgan fingerprint density at radius 2 is 2.31 bits per heavy atom. The lowest BCUT2D eigenvalue weighted by atomic mass is 10.2. The topological polar surface area (TPSA) is 46.8 Å². The summed E-state index contributed by atoms with van der Waals surface area (Å²) in [5.41, 5.74) is 0. The highest BCUT2D eigenvalue weighted by atomic mass is 32.1. The summed E-state index contributed by atoms with van der Waals surface area (Å²) >= 11 is 1.61. The third-order valence-corrected chi connectivity index (χ3v) is 3.59. The fourth-order valence-corrected chi connectivity index (χ4v) is 2.83. The van der Waals surface area contributed by atoms with Gasteiger partial charge in [-0.05, 0) is 14.0 Å². The van der Waals surface area contributed by atoms with Crippen LogP contribution in [-0.2, 0) is 6.54 Å². The summed E-state index contributed by atoms with van der Waals surface area (Å²) in [6, 6.07) is 0.405. The third kappa shape index (κ3) is 1.45. The van der Waals surface area contributed by atoms with Gasteiger partial charge in [0.05, 0.1) is 6.54 Å². The highest BCUT2D eigenvalue weighted by molar-refractivity contribution is 7.13. The van der Waals surface area contributed by atoms with Gasteiger partial charge in [0.15, 0.2) is 10.8 Å². The quantitative estimate of drug-likeness (QED) is 0.749. The molecule has 3 heterocycles. The Balaban J connectivity index is 2.10. The van der Waals surface area contributed by atoms with E-state index in [2.05, 4.69) is 38.6 Å². The minimum atomic E-state index is 0.405. The lowest BCUT2D eigenvalue weighted by Gasteiger charge is -2.29. The van der Waals surface area contributed by atoms with E-state index in [9.17, 15) is 0 Å². The van der Waals surface area contributed by atoms with Crippen molar-refractivity contribution >= 4 is 11.3 Å². The molecule has 0 saturated heterocycles. The van der Waals surface area contributed by atoms with Gasteiger partial charge in [-0.2, -0.15) is 0 Å². The minimum Gasteiger partial charge on any atom is -0.304 e. The number of nitrogens with zero attached hydrogens (tertiary/aromatic N) is 5. The molecule has 1 unspecified atom stereocenters. The molecule has 5 nitrogen and oxygen atoms in total. The van der Waals surface area contributed by atoms with Gasteiger partial charge in [0.1, 0.15) is 5.82 Å². The van der Waals surface area contributed by atoms with Crippen molar-refractivity contribution < 1.29 is 0 Å². The van der Waals surface area contributed by atoms with Gasteiger partial charge in [-0.1, -0.05) is 0 Å². The van der Waals surface area contributed by atoms with Gasteiger partial charge in [-0.25, -0.2) is 4.98 Å². The second kappa shape index (κ2) is 3.64. The fourth-order valence-electron chi connectivity index (χ4n) is 2.21. The second-order valence-corrected chi connectivity index (χ2v) is 5.09. The van der Waals surface area contributed by atoms with Crippen LogP contribution in [0.2, 0.25) is 0 Å². The van der Waals surface area contributed by atoms with Crippen molar-refractivity contribution in [3.8, 4) is 10.8 Å². The predicted molar refractivity (Wildman–Crippen MR) is 62.2 cm³/mol. The van der Waals surface area contributed by atoms with Crippen LogP contribution in [-0.4, -0.2) is 38.2 Å². The number of hydrogen-bond acceptors (Lipinski definition) is 5. The van der Waals surface area contributed by atoms with Gasteiger partial charge < -0.3 is 4.57 Å². The molecule has 2 aromatic rings. The Bertz CT molecular complexity index is 489. The lowest BCUT2D eigenvalue weighted by molar-refractivity contribution is 0.230. The van der Waals surface area contributed by atoms with Crippen LogP contribution in [0.3, 0.4) is 0 Å². The van der Waals surface area contributed by atoms with Crippen LogP contribution in [0.1, 0.15) is 18.8 Å². The molecular formula is C10H13N5S. The van der Waals surface area contributed by atoms with E-state index in [-0.39, 0.29) is 0 Å². The molecule has 0 fully saturated rings. The zero-order valence-corrected chi connectivity index (χ0v) is 10.1. The van der Waals surface area contributed by atoms with E-state index in [1.54, 1.807) is 17.5 Å². The van der Waals surface area contributed by atoms with Crippen molar-refractivity contribution in [3.05, 3.63) is 17.4 Å². The van der Waals surface area contributed by atoms with Gasteiger partial charge in [-0.15, -0.1) is 21.5 Å². The maximum atomic E-state index is 4.30. The van der Waals surface area contributed by atoms with E-state index in [1.807, 2.05) is 5.38 Å². The monoisotopic (exact) mass is 235 g/mol. The normalized spacial score (nSPS) is 21.0.